The molecule has 0 unspecified atom stereocenters. The van der Waals surface area contributed by atoms with Gasteiger partial charge in [0.2, 0.25) is 5.91 Å². The van der Waals surface area contributed by atoms with Crippen molar-refractivity contribution in [3.63, 3.8) is 0 Å². The monoisotopic (exact) mass is 376 g/mol. The predicted molar refractivity (Wildman–Crippen MR) is 96.7 cm³/mol. The van der Waals surface area contributed by atoms with Gasteiger partial charge in [0.05, 0.1) is 33.4 Å². The summed E-state index contributed by atoms with van der Waals surface area (Å²) >= 11 is 0. The van der Waals surface area contributed by atoms with Crippen LogP contribution in [-0.2, 0) is 11.3 Å². The van der Waals surface area contributed by atoms with Gasteiger partial charge < -0.3 is 24.8 Å². The summed E-state index contributed by atoms with van der Waals surface area (Å²) in [7, 11) is 4.52. The second-order valence-corrected chi connectivity index (χ2v) is 5.46. The molecule has 2 aromatic carbocycles. The summed E-state index contributed by atoms with van der Waals surface area (Å²) in [6, 6.07) is 8.89. The molecule has 0 heterocycles. The lowest BCUT2D eigenvalue weighted by Crippen LogP contribution is -2.37. The van der Waals surface area contributed by atoms with Crippen molar-refractivity contribution >= 4 is 11.8 Å². The average molecular weight is 376 g/mol. The summed E-state index contributed by atoms with van der Waals surface area (Å²) in [4.78, 5) is 23.9. The van der Waals surface area contributed by atoms with Crippen LogP contribution in [0.2, 0.25) is 0 Å². The summed E-state index contributed by atoms with van der Waals surface area (Å²) in [6.07, 6.45) is 0. The second-order valence-electron chi connectivity index (χ2n) is 5.46. The van der Waals surface area contributed by atoms with Crippen LogP contribution < -0.4 is 24.8 Å². The highest BCUT2D eigenvalue weighted by Gasteiger charge is 2.14. The third-order valence-electron chi connectivity index (χ3n) is 3.79. The summed E-state index contributed by atoms with van der Waals surface area (Å²) in [6.45, 7) is -0.138. The number of benzene rings is 2. The first-order chi connectivity index (χ1) is 13.0. The molecule has 0 bridgehead atoms. The van der Waals surface area contributed by atoms with Crippen LogP contribution in [0.4, 0.5) is 4.39 Å². The Kier molecular flexibility index (Phi) is 6.99. The molecule has 0 aliphatic rings. The molecule has 2 aromatic rings. The van der Waals surface area contributed by atoms with E-state index in [0.717, 1.165) is 0 Å². The normalized spacial score (nSPS) is 10.1. The van der Waals surface area contributed by atoms with Gasteiger partial charge in [-0.05, 0) is 18.2 Å². The Morgan fingerprint density at radius 3 is 2.19 bits per heavy atom. The molecule has 0 aliphatic carbocycles. The maximum atomic E-state index is 13.6. The van der Waals surface area contributed by atoms with Crippen LogP contribution in [-0.4, -0.2) is 39.7 Å². The van der Waals surface area contributed by atoms with Gasteiger partial charge in [-0.3, -0.25) is 9.59 Å². The highest BCUT2D eigenvalue weighted by atomic mass is 19.1. The van der Waals surface area contributed by atoms with E-state index >= 15 is 0 Å². The molecule has 0 aliphatic heterocycles. The molecule has 2 amide bonds. The Bertz CT molecular complexity index is 826. The van der Waals surface area contributed by atoms with Crippen molar-refractivity contribution in [3.8, 4) is 17.2 Å². The second kappa shape index (κ2) is 9.42. The van der Waals surface area contributed by atoms with Gasteiger partial charge in [0.25, 0.3) is 5.91 Å². The molecule has 0 aromatic heterocycles. The quantitative estimate of drug-likeness (QED) is 0.735. The zero-order valence-electron chi connectivity index (χ0n) is 15.3. The molecule has 0 saturated carbocycles. The van der Waals surface area contributed by atoms with Gasteiger partial charge in [0, 0.05) is 18.2 Å². The first-order valence-corrected chi connectivity index (χ1v) is 8.08. The molecule has 0 fully saturated rings. The number of ether oxygens (including phenoxy) is 3. The van der Waals surface area contributed by atoms with E-state index in [1.54, 1.807) is 18.2 Å². The molecule has 7 nitrogen and oxygen atoms in total. The van der Waals surface area contributed by atoms with Crippen molar-refractivity contribution < 1.29 is 28.2 Å². The highest BCUT2D eigenvalue weighted by molar-refractivity contribution is 5.96. The molecule has 0 atom stereocenters. The molecular weight excluding hydrogens is 355 g/mol. The van der Waals surface area contributed by atoms with Gasteiger partial charge in [-0.2, -0.15) is 0 Å². The predicted octanol–water partition coefficient (Wildman–Crippen LogP) is 1.90. The van der Waals surface area contributed by atoms with E-state index < -0.39 is 17.6 Å². The van der Waals surface area contributed by atoms with Crippen LogP contribution in [0.1, 0.15) is 15.9 Å². The molecule has 2 rings (SSSR count). The Morgan fingerprint density at radius 1 is 0.926 bits per heavy atom. The van der Waals surface area contributed by atoms with Crippen molar-refractivity contribution in [2.45, 2.75) is 6.54 Å². The zero-order valence-corrected chi connectivity index (χ0v) is 15.3. The number of carbonyl (C=O) groups excluding carboxylic acids is 2. The number of rotatable bonds is 8. The number of carbonyl (C=O) groups is 2. The van der Waals surface area contributed by atoms with Crippen molar-refractivity contribution in [1.29, 1.82) is 0 Å². The standard InChI is InChI=1S/C19H21FN2O5/c1-25-15-9-17(27-3)16(26-2)8-12(15)10-21-18(23)11-22-19(24)13-6-4-5-7-14(13)20/h4-9H,10-11H2,1-3H3,(H,21,23)(H,22,24). The van der Waals surface area contributed by atoms with Gasteiger partial charge in [-0.25, -0.2) is 4.39 Å². The van der Waals surface area contributed by atoms with Crippen molar-refractivity contribution in [3.05, 3.63) is 53.3 Å². The summed E-state index contributed by atoms with van der Waals surface area (Å²) < 4.78 is 29.3. The van der Waals surface area contributed by atoms with Crippen molar-refractivity contribution in [2.24, 2.45) is 0 Å². The number of hydrogen-bond acceptors (Lipinski definition) is 5. The highest BCUT2D eigenvalue weighted by Crippen LogP contribution is 2.34. The maximum absolute atomic E-state index is 13.6. The van der Waals surface area contributed by atoms with E-state index in [0.29, 0.717) is 22.8 Å². The molecule has 0 spiro atoms. The molecule has 27 heavy (non-hydrogen) atoms. The Balaban J connectivity index is 1.95. The van der Waals surface area contributed by atoms with Crippen LogP contribution in [0.3, 0.4) is 0 Å². The topological polar surface area (TPSA) is 85.9 Å². The van der Waals surface area contributed by atoms with Crippen LogP contribution in [0.5, 0.6) is 17.2 Å². The summed E-state index contributed by atoms with van der Waals surface area (Å²) in [5.41, 5.74) is 0.552. The molecular formula is C19H21FN2O5. The van der Waals surface area contributed by atoms with E-state index in [4.69, 9.17) is 14.2 Å². The fourth-order valence-electron chi connectivity index (χ4n) is 2.39. The van der Waals surface area contributed by atoms with Crippen LogP contribution >= 0.6 is 0 Å². The van der Waals surface area contributed by atoms with Crippen molar-refractivity contribution in [1.82, 2.24) is 10.6 Å². The van der Waals surface area contributed by atoms with Gasteiger partial charge in [-0.15, -0.1) is 0 Å². The van der Waals surface area contributed by atoms with Gasteiger partial charge >= 0.3 is 0 Å². The molecule has 0 radical (unpaired) electrons. The Labute approximate surface area is 156 Å². The lowest BCUT2D eigenvalue weighted by atomic mass is 10.1. The SMILES string of the molecule is COc1cc(OC)c(OC)cc1CNC(=O)CNC(=O)c1ccccc1F. The molecule has 0 saturated heterocycles. The third kappa shape index (κ3) is 5.10. The number of methoxy groups -OCH3 is 3. The first kappa shape index (κ1) is 20.0. The lowest BCUT2D eigenvalue weighted by Gasteiger charge is -2.14. The van der Waals surface area contributed by atoms with Gasteiger partial charge in [-0.1, -0.05) is 12.1 Å². The largest absolute Gasteiger partial charge is 0.496 e. The van der Waals surface area contributed by atoms with Crippen LogP contribution in [0.15, 0.2) is 36.4 Å². The number of halogens is 1. The minimum atomic E-state index is -0.660. The number of hydrogen-bond donors (Lipinski definition) is 2. The Hall–Kier alpha value is -3.29. The fourth-order valence-corrected chi connectivity index (χ4v) is 2.39. The van der Waals surface area contributed by atoms with E-state index in [1.165, 1.54) is 39.5 Å². The first-order valence-electron chi connectivity index (χ1n) is 8.08. The molecule has 2 N–H and O–H groups in total. The van der Waals surface area contributed by atoms with Crippen molar-refractivity contribution in [2.75, 3.05) is 27.9 Å². The minimum Gasteiger partial charge on any atom is -0.496 e. The van der Waals surface area contributed by atoms with Gasteiger partial charge in [0.15, 0.2) is 11.5 Å². The maximum Gasteiger partial charge on any atom is 0.254 e. The number of nitrogens with one attached hydrogen (secondary N) is 2. The smallest absolute Gasteiger partial charge is 0.254 e. The third-order valence-corrected chi connectivity index (χ3v) is 3.79. The fraction of sp³-hybridized carbons (Fsp3) is 0.263. The van der Waals surface area contributed by atoms with Gasteiger partial charge in [0.1, 0.15) is 11.6 Å². The molecule has 144 valence electrons. The Morgan fingerprint density at radius 2 is 1.56 bits per heavy atom. The van der Waals surface area contributed by atoms with E-state index in [1.807, 2.05) is 0 Å². The molecule has 8 heteroatoms. The zero-order chi connectivity index (χ0) is 19.8. The summed E-state index contributed by atoms with van der Waals surface area (Å²) in [5.74, 6) is -0.228. The average Bonchev–Trinajstić information content (AvgIpc) is 2.69. The summed E-state index contributed by atoms with van der Waals surface area (Å²) in [5, 5.41) is 5.04. The number of amides is 2. The van der Waals surface area contributed by atoms with Crippen LogP contribution in [0, 0.1) is 5.82 Å². The van der Waals surface area contributed by atoms with E-state index in [-0.39, 0.29) is 18.7 Å². The lowest BCUT2D eigenvalue weighted by molar-refractivity contribution is -0.120. The minimum absolute atomic E-state index is 0.119. The van der Waals surface area contributed by atoms with E-state index in [2.05, 4.69) is 10.6 Å². The van der Waals surface area contributed by atoms with Crippen LogP contribution in [0.25, 0.3) is 0 Å². The van der Waals surface area contributed by atoms with E-state index in [9.17, 15) is 14.0 Å².